The molecule has 0 spiro atoms. The molecule has 0 bridgehead atoms. The number of aliphatic hydroxyl groups excluding tert-OH is 1. The predicted molar refractivity (Wildman–Crippen MR) is 63.8 cm³/mol. The lowest BCUT2D eigenvalue weighted by atomic mass is 10.1. The number of benzene rings is 1. The molecule has 0 aliphatic rings. The van der Waals surface area contributed by atoms with E-state index < -0.39 is 11.9 Å². The van der Waals surface area contributed by atoms with Gasteiger partial charge in [0.25, 0.3) is 0 Å². The van der Waals surface area contributed by atoms with Crippen molar-refractivity contribution < 1.29 is 19.0 Å². The number of hydrogen-bond acceptors (Lipinski definition) is 3. The number of aliphatic hydroxyl groups is 1. The molecule has 3 nitrogen and oxygen atoms in total. The summed E-state index contributed by atoms with van der Waals surface area (Å²) < 4.78 is 23.4. The monoisotopic (exact) mass is 262 g/mol. The van der Waals surface area contributed by atoms with Gasteiger partial charge in [-0.25, -0.2) is 4.39 Å². The molecule has 0 aromatic heterocycles. The average Bonchev–Trinajstić information content (AvgIpc) is 2.31. The molecule has 0 radical (unpaired) electrons. The minimum atomic E-state index is -0.750. The summed E-state index contributed by atoms with van der Waals surface area (Å²) in [6, 6.07) is 4.72. The molecule has 0 fully saturated rings. The van der Waals surface area contributed by atoms with Crippen LogP contribution in [-0.4, -0.2) is 38.1 Å². The van der Waals surface area contributed by atoms with E-state index in [9.17, 15) is 9.50 Å². The Hall–Kier alpha value is -0.680. The molecule has 0 saturated carbocycles. The van der Waals surface area contributed by atoms with E-state index in [0.29, 0.717) is 18.8 Å². The summed E-state index contributed by atoms with van der Waals surface area (Å²) in [4.78, 5) is 0. The molecule has 0 saturated heterocycles. The van der Waals surface area contributed by atoms with Crippen LogP contribution in [0.4, 0.5) is 4.39 Å². The fraction of sp³-hybridized carbons (Fsp3) is 0.500. The smallest absolute Gasteiger partial charge is 0.145 e. The van der Waals surface area contributed by atoms with E-state index in [1.807, 2.05) is 0 Å². The highest BCUT2D eigenvalue weighted by molar-refractivity contribution is 6.30. The number of rotatable bonds is 7. The highest BCUT2D eigenvalue weighted by Crippen LogP contribution is 2.19. The Labute approximate surface area is 105 Å². The van der Waals surface area contributed by atoms with Crippen molar-refractivity contribution in [2.24, 2.45) is 0 Å². The first-order chi connectivity index (χ1) is 8.15. The number of halogens is 2. The van der Waals surface area contributed by atoms with Crippen molar-refractivity contribution in [2.75, 3.05) is 26.9 Å². The minimum absolute atomic E-state index is 0.0648. The topological polar surface area (TPSA) is 38.7 Å². The maximum atomic E-state index is 13.5. The summed E-state index contributed by atoms with van der Waals surface area (Å²) in [6.07, 6.45) is -0.570. The Balaban J connectivity index is 2.39. The average molecular weight is 263 g/mol. The standard InChI is InChI=1S/C12H16ClFO3/c1-16-5-6-17-8-10(15)7-9-3-2-4-11(13)12(9)14/h2-4,10,15H,5-8H2,1H3. The van der Waals surface area contributed by atoms with Crippen LogP contribution >= 0.6 is 11.6 Å². The Morgan fingerprint density at radius 2 is 2.18 bits per heavy atom. The largest absolute Gasteiger partial charge is 0.390 e. The van der Waals surface area contributed by atoms with Crippen LogP contribution in [0.3, 0.4) is 0 Å². The number of ether oxygens (including phenoxy) is 2. The molecule has 1 aromatic carbocycles. The van der Waals surface area contributed by atoms with Crippen LogP contribution in [0, 0.1) is 5.82 Å². The minimum Gasteiger partial charge on any atom is -0.390 e. The summed E-state index contributed by atoms with van der Waals surface area (Å²) in [6.45, 7) is 1.03. The summed E-state index contributed by atoms with van der Waals surface area (Å²) in [5.41, 5.74) is 0.389. The van der Waals surface area contributed by atoms with Gasteiger partial charge in [0.05, 0.1) is 30.9 Å². The molecule has 1 atom stereocenters. The highest BCUT2D eigenvalue weighted by Gasteiger charge is 2.11. The van der Waals surface area contributed by atoms with Crippen LogP contribution in [0.25, 0.3) is 0 Å². The van der Waals surface area contributed by atoms with E-state index in [4.69, 9.17) is 21.1 Å². The molecule has 0 heterocycles. The second-order valence-electron chi connectivity index (χ2n) is 3.64. The molecule has 1 N–H and O–H groups in total. The van der Waals surface area contributed by atoms with Gasteiger partial charge in [0, 0.05) is 13.5 Å². The molecule has 0 aliphatic carbocycles. The van der Waals surface area contributed by atoms with Crippen LogP contribution < -0.4 is 0 Å². The lowest BCUT2D eigenvalue weighted by molar-refractivity contribution is 0.0134. The third-order valence-electron chi connectivity index (χ3n) is 2.23. The van der Waals surface area contributed by atoms with Crippen molar-refractivity contribution in [1.29, 1.82) is 0 Å². The van der Waals surface area contributed by atoms with E-state index in [0.717, 1.165) is 0 Å². The Kier molecular flexibility index (Phi) is 6.44. The fourth-order valence-electron chi connectivity index (χ4n) is 1.38. The van der Waals surface area contributed by atoms with E-state index in [1.165, 1.54) is 6.07 Å². The summed E-state index contributed by atoms with van der Waals surface area (Å²) in [7, 11) is 1.57. The van der Waals surface area contributed by atoms with Crippen LogP contribution in [0.5, 0.6) is 0 Å². The van der Waals surface area contributed by atoms with Gasteiger partial charge >= 0.3 is 0 Å². The normalized spacial score (nSPS) is 12.7. The lowest BCUT2D eigenvalue weighted by Crippen LogP contribution is -2.20. The maximum absolute atomic E-state index is 13.5. The van der Waals surface area contributed by atoms with Gasteiger partial charge in [0.2, 0.25) is 0 Å². The zero-order chi connectivity index (χ0) is 12.7. The molecule has 1 unspecified atom stereocenters. The summed E-state index contributed by atoms with van der Waals surface area (Å²) in [5, 5.41) is 9.71. The van der Waals surface area contributed by atoms with E-state index in [2.05, 4.69) is 0 Å². The van der Waals surface area contributed by atoms with Crippen LogP contribution in [0.15, 0.2) is 18.2 Å². The molecule has 0 aliphatic heterocycles. The van der Waals surface area contributed by atoms with Crippen molar-refractivity contribution in [3.63, 3.8) is 0 Å². The van der Waals surface area contributed by atoms with Gasteiger partial charge in [-0.05, 0) is 11.6 Å². The van der Waals surface area contributed by atoms with Gasteiger partial charge in [0.1, 0.15) is 5.82 Å². The third-order valence-corrected chi connectivity index (χ3v) is 2.52. The molecule has 96 valence electrons. The fourth-order valence-corrected chi connectivity index (χ4v) is 1.57. The molecule has 5 heteroatoms. The second-order valence-corrected chi connectivity index (χ2v) is 4.05. The van der Waals surface area contributed by atoms with Crippen molar-refractivity contribution in [3.05, 3.63) is 34.6 Å². The molecule has 17 heavy (non-hydrogen) atoms. The molecule has 0 amide bonds. The summed E-state index contributed by atoms with van der Waals surface area (Å²) in [5.74, 6) is -0.481. The van der Waals surface area contributed by atoms with E-state index in [-0.39, 0.29) is 18.1 Å². The quantitative estimate of drug-likeness (QED) is 0.765. The first-order valence-electron chi connectivity index (χ1n) is 5.32. The first kappa shape index (κ1) is 14.4. The number of methoxy groups -OCH3 is 1. The Morgan fingerprint density at radius 1 is 1.41 bits per heavy atom. The van der Waals surface area contributed by atoms with Gasteiger partial charge in [-0.2, -0.15) is 0 Å². The molecule has 1 rings (SSSR count). The van der Waals surface area contributed by atoms with Crippen LogP contribution in [-0.2, 0) is 15.9 Å². The second kappa shape index (κ2) is 7.61. The van der Waals surface area contributed by atoms with Gasteiger partial charge in [-0.3, -0.25) is 0 Å². The molecular formula is C12H16ClFO3. The highest BCUT2D eigenvalue weighted by atomic mass is 35.5. The molecular weight excluding hydrogens is 247 g/mol. The van der Waals surface area contributed by atoms with Crippen molar-refractivity contribution in [1.82, 2.24) is 0 Å². The Bertz CT molecular complexity index is 347. The predicted octanol–water partition coefficient (Wildman–Crippen LogP) is 2.05. The Morgan fingerprint density at radius 3 is 2.88 bits per heavy atom. The van der Waals surface area contributed by atoms with Crippen LogP contribution in [0.1, 0.15) is 5.56 Å². The molecule has 1 aromatic rings. The third kappa shape index (κ3) is 5.00. The van der Waals surface area contributed by atoms with Gasteiger partial charge < -0.3 is 14.6 Å². The zero-order valence-corrected chi connectivity index (χ0v) is 10.4. The summed E-state index contributed by atoms with van der Waals surface area (Å²) >= 11 is 5.64. The van der Waals surface area contributed by atoms with E-state index in [1.54, 1.807) is 19.2 Å². The lowest BCUT2D eigenvalue weighted by Gasteiger charge is -2.12. The van der Waals surface area contributed by atoms with Gasteiger partial charge in [-0.15, -0.1) is 0 Å². The van der Waals surface area contributed by atoms with Gasteiger partial charge in [-0.1, -0.05) is 23.7 Å². The van der Waals surface area contributed by atoms with Crippen molar-refractivity contribution >= 4 is 11.6 Å². The van der Waals surface area contributed by atoms with Crippen molar-refractivity contribution in [2.45, 2.75) is 12.5 Å². The van der Waals surface area contributed by atoms with Gasteiger partial charge in [0.15, 0.2) is 0 Å². The maximum Gasteiger partial charge on any atom is 0.145 e. The van der Waals surface area contributed by atoms with E-state index >= 15 is 0 Å². The zero-order valence-electron chi connectivity index (χ0n) is 9.66. The van der Waals surface area contributed by atoms with Crippen LogP contribution in [0.2, 0.25) is 5.02 Å². The number of hydrogen-bond donors (Lipinski definition) is 1. The van der Waals surface area contributed by atoms with Crippen molar-refractivity contribution in [3.8, 4) is 0 Å². The SMILES string of the molecule is COCCOCC(O)Cc1cccc(Cl)c1F. The first-order valence-corrected chi connectivity index (χ1v) is 5.70.